The van der Waals surface area contributed by atoms with E-state index in [0.717, 1.165) is 26.2 Å². The predicted octanol–water partition coefficient (Wildman–Crippen LogP) is -0.0902. The lowest BCUT2D eigenvalue weighted by Crippen LogP contribution is -2.37. The Kier molecular flexibility index (Phi) is 5.05. The van der Waals surface area contributed by atoms with Crippen LogP contribution in [0.3, 0.4) is 0 Å². The molecule has 2 atom stereocenters. The van der Waals surface area contributed by atoms with E-state index in [9.17, 15) is 4.79 Å². The number of likely N-dealkylation sites (tertiary alicyclic amines) is 1. The van der Waals surface area contributed by atoms with E-state index < -0.39 is 0 Å². The van der Waals surface area contributed by atoms with E-state index in [0.29, 0.717) is 5.92 Å². The molecule has 0 aromatic carbocycles. The SMILES string of the molecule is CNCC(C)C(=O)NCC1CCN(C)C1. The highest BCUT2D eigenvalue weighted by Gasteiger charge is 2.20. The van der Waals surface area contributed by atoms with Crippen LogP contribution in [0.4, 0.5) is 0 Å². The van der Waals surface area contributed by atoms with Crippen LogP contribution in [0.1, 0.15) is 13.3 Å². The van der Waals surface area contributed by atoms with E-state index in [1.807, 2.05) is 14.0 Å². The van der Waals surface area contributed by atoms with Crippen LogP contribution in [0.25, 0.3) is 0 Å². The van der Waals surface area contributed by atoms with Gasteiger partial charge in [-0.3, -0.25) is 4.79 Å². The first-order chi connectivity index (χ1) is 7.13. The molecular weight excluding hydrogens is 190 g/mol. The highest BCUT2D eigenvalue weighted by Crippen LogP contribution is 2.12. The Morgan fingerprint density at radius 3 is 2.87 bits per heavy atom. The molecule has 88 valence electrons. The van der Waals surface area contributed by atoms with Gasteiger partial charge in [0.25, 0.3) is 0 Å². The number of amides is 1. The van der Waals surface area contributed by atoms with Gasteiger partial charge >= 0.3 is 0 Å². The number of nitrogens with one attached hydrogen (secondary N) is 2. The Morgan fingerprint density at radius 1 is 1.60 bits per heavy atom. The minimum Gasteiger partial charge on any atom is -0.356 e. The minimum atomic E-state index is 0.0640. The van der Waals surface area contributed by atoms with Gasteiger partial charge in [0, 0.05) is 25.6 Å². The first kappa shape index (κ1) is 12.5. The fourth-order valence-corrected chi connectivity index (χ4v) is 2.01. The molecule has 4 heteroatoms. The van der Waals surface area contributed by atoms with Crippen molar-refractivity contribution in [1.82, 2.24) is 15.5 Å². The summed E-state index contributed by atoms with van der Waals surface area (Å²) in [6.45, 7) is 5.80. The normalized spacial score (nSPS) is 24.1. The van der Waals surface area contributed by atoms with Gasteiger partial charge in [-0.1, -0.05) is 6.92 Å². The summed E-state index contributed by atoms with van der Waals surface area (Å²) in [7, 11) is 4.00. The van der Waals surface area contributed by atoms with Crippen LogP contribution in [-0.2, 0) is 4.79 Å². The fourth-order valence-electron chi connectivity index (χ4n) is 2.01. The maximum atomic E-state index is 11.6. The van der Waals surface area contributed by atoms with Crippen molar-refractivity contribution in [2.75, 3.05) is 40.3 Å². The molecule has 0 aromatic heterocycles. The second-order valence-corrected chi connectivity index (χ2v) is 4.62. The number of rotatable bonds is 5. The van der Waals surface area contributed by atoms with Crippen molar-refractivity contribution in [3.8, 4) is 0 Å². The van der Waals surface area contributed by atoms with E-state index in [-0.39, 0.29) is 11.8 Å². The Bertz CT molecular complexity index is 208. The summed E-state index contributed by atoms with van der Waals surface area (Å²) < 4.78 is 0. The van der Waals surface area contributed by atoms with Crippen LogP contribution >= 0.6 is 0 Å². The maximum absolute atomic E-state index is 11.6. The van der Waals surface area contributed by atoms with Crippen LogP contribution < -0.4 is 10.6 Å². The van der Waals surface area contributed by atoms with E-state index in [2.05, 4.69) is 22.6 Å². The molecule has 0 spiro atoms. The summed E-state index contributed by atoms with van der Waals surface area (Å²) in [4.78, 5) is 13.9. The van der Waals surface area contributed by atoms with Gasteiger partial charge < -0.3 is 15.5 Å². The molecule has 0 bridgehead atoms. The second-order valence-electron chi connectivity index (χ2n) is 4.62. The van der Waals surface area contributed by atoms with E-state index >= 15 is 0 Å². The molecular formula is C11H23N3O. The molecule has 0 aliphatic carbocycles. The largest absolute Gasteiger partial charge is 0.356 e. The van der Waals surface area contributed by atoms with Crippen molar-refractivity contribution in [3.63, 3.8) is 0 Å². The zero-order valence-corrected chi connectivity index (χ0v) is 10.0. The molecule has 1 heterocycles. The molecule has 15 heavy (non-hydrogen) atoms. The zero-order valence-electron chi connectivity index (χ0n) is 10.0. The van der Waals surface area contributed by atoms with Gasteiger partial charge in [-0.25, -0.2) is 0 Å². The summed E-state index contributed by atoms with van der Waals surface area (Å²) in [6, 6.07) is 0. The van der Waals surface area contributed by atoms with Crippen LogP contribution in [0.15, 0.2) is 0 Å². The van der Waals surface area contributed by atoms with Crippen molar-refractivity contribution in [3.05, 3.63) is 0 Å². The Labute approximate surface area is 92.4 Å². The first-order valence-corrected chi connectivity index (χ1v) is 5.74. The fraction of sp³-hybridized carbons (Fsp3) is 0.909. The molecule has 0 radical (unpaired) electrons. The van der Waals surface area contributed by atoms with Crippen molar-refractivity contribution in [2.45, 2.75) is 13.3 Å². The van der Waals surface area contributed by atoms with Gasteiger partial charge in [0.05, 0.1) is 0 Å². The van der Waals surface area contributed by atoms with Crippen LogP contribution in [0.2, 0.25) is 0 Å². The van der Waals surface area contributed by atoms with Crippen molar-refractivity contribution >= 4 is 5.91 Å². The van der Waals surface area contributed by atoms with Gasteiger partial charge in [-0.15, -0.1) is 0 Å². The van der Waals surface area contributed by atoms with E-state index in [4.69, 9.17) is 0 Å². The van der Waals surface area contributed by atoms with E-state index in [1.54, 1.807) is 0 Å². The molecule has 1 saturated heterocycles. The van der Waals surface area contributed by atoms with Crippen LogP contribution in [0.5, 0.6) is 0 Å². The van der Waals surface area contributed by atoms with Gasteiger partial charge in [-0.2, -0.15) is 0 Å². The lowest BCUT2D eigenvalue weighted by Gasteiger charge is -2.15. The molecule has 1 amide bonds. The Balaban J connectivity index is 2.16. The molecule has 2 unspecified atom stereocenters. The summed E-state index contributed by atoms with van der Waals surface area (Å²) >= 11 is 0. The third-order valence-corrected chi connectivity index (χ3v) is 3.01. The standard InChI is InChI=1S/C11H23N3O/c1-9(6-12-2)11(15)13-7-10-4-5-14(3)8-10/h9-10,12H,4-8H2,1-3H3,(H,13,15). The summed E-state index contributed by atoms with van der Waals surface area (Å²) in [5.74, 6) is 0.869. The maximum Gasteiger partial charge on any atom is 0.224 e. The quantitative estimate of drug-likeness (QED) is 0.671. The summed E-state index contributed by atoms with van der Waals surface area (Å²) in [6.07, 6.45) is 1.21. The zero-order chi connectivity index (χ0) is 11.3. The second kappa shape index (κ2) is 6.08. The molecule has 1 fully saturated rings. The van der Waals surface area contributed by atoms with Crippen LogP contribution in [-0.4, -0.2) is 51.1 Å². The smallest absolute Gasteiger partial charge is 0.224 e. The van der Waals surface area contributed by atoms with Gasteiger partial charge in [0.15, 0.2) is 0 Å². The van der Waals surface area contributed by atoms with Crippen LogP contribution in [0, 0.1) is 11.8 Å². The molecule has 0 saturated carbocycles. The van der Waals surface area contributed by atoms with Gasteiger partial charge in [0.1, 0.15) is 0 Å². The number of carbonyl (C=O) groups excluding carboxylic acids is 1. The molecule has 0 aromatic rings. The van der Waals surface area contributed by atoms with Crippen molar-refractivity contribution in [2.24, 2.45) is 11.8 Å². The average Bonchev–Trinajstić information content (AvgIpc) is 2.61. The summed E-state index contributed by atoms with van der Waals surface area (Å²) in [5, 5.41) is 6.04. The number of nitrogens with zero attached hydrogens (tertiary/aromatic N) is 1. The minimum absolute atomic E-state index is 0.0640. The molecule has 1 aliphatic rings. The van der Waals surface area contributed by atoms with Crippen molar-refractivity contribution in [1.29, 1.82) is 0 Å². The van der Waals surface area contributed by atoms with Gasteiger partial charge in [0.2, 0.25) is 5.91 Å². The molecule has 1 aliphatic heterocycles. The lowest BCUT2D eigenvalue weighted by molar-refractivity contribution is -0.124. The highest BCUT2D eigenvalue weighted by atomic mass is 16.1. The highest BCUT2D eigenvalue weighted by molar-refractivity contribution is 5.78. The van der Waals surface area contributed by atoms with Gasteiger partial charge in [-0.05, 0) is 33.0 Å². The average molecular weight is 213 g/mol. The third kappa shape index (κ3) is 4.18. The monoisotopic (exact) mass is 213 g/mol. The summed E-state index contributed by atoms with van der Waals surface area (Å²) in [5.41, 5.74) is 0. The molecule has 4 nitrogen and oxygen atoms in total. The van der Waals surface area contributed by atoms with E-state index in [1.165, 1.54) is 6.42 Å². The molecule has 2 N–H and O–H groups in total. The topological polar surface area (TPSA) is 44.4 Å². The third-order valence-electron chi connectivity index (χ3n) is 3.01. The number of hydrogen-bond acceptors (Lipinski definition) is 3. The first-order valence-electron chi connectivity index (χ1n) is 5.74. The Morgan fingerprint density at radius 2 is 2.33 bits per heavy atom. The molecule has 1 rings (SSSR count). The predicted molar refractivity (Wildman–Crippen MR) is 61.7 cm³/mol. The lowest BCUT2D eigenvalue weighted by atomic mass is 10.1. The van der Waals surface area contributed by atoms with Crippen molar-refractivity contribution < 1.29 is 4.79 Å². The number of carbonyl (C=O) groups is 1. The number of hydrogen-bond donors (Lipinski definition) is 2. The Hall–Kier alpha value is -0.610.